The zero-order valence-corrected chi connectivity index (χ0v) is 20.2. The van der Waals surface area contributed by atoms with Gasteiger partial charge in [0.05, 0.1) is 18.7 Å². The van der Waals surface area contributed by atoms with E-state index in [1.165, 1.54) is 4.90 Å². The number of fused-ring (bicyclic) bond motifs is 1. The number of ether oxygens (including phenoxy) is 2. The van der Waals surface area contributed by atoms with E-state index in [1.807, 2.05) is 63.2 Å². The second-order valence-electron chi connectivity index (χ2n) is 9.21. The van der Waals surface area contributed by atoms with Gasteiger partial charge in [0.1, 0.15) is 23.4 Å². The summed E-state index contributed by atoms with van der Waals surface area (Å²) in [6.07, 6.45) is 0.759. The van der Waals surface area contributed by atoms with Gasteiger partial charge in [-0.25, -0.2) is 0 Å². The lowest BCUT2D eigenvalue weighted by atomic mass is 9.93. The number of para-hydroxylation sites is 1. The molecule has 2 unspecified atom stereocenters. The molecule has 1 saturated heterocycles. The monoisotopic (exact) mass is 469 g/mol. The second-order valence-corrected chi connectivity index (χ2v) is 9.21. The number of Topliss-reactive ketones (excluding diaryl/α,β-unsaturated/α-hetero) is 1. The number of aliphatic hydroxyl groups is 1. The molecule has 0 aliphatic carbocycles. The third-order valence-electron chi connectivity index (χ3n) is 6.53. The van der Waals surface area contributed by atoms with Crippen LogP contribution in [0.3, 0.4) is 0 Å². The highest BCUT2D eigenvalue weighted by Crippen LogP contribution is 2.45. The molecule has 6 nitrogen and oxygen atoms in total. The molecule has 0 radical (unpaired) electrons. The fourth-order valence-corrected chi connectivity index (χ4v) is 5.10. The summed E-state index contributed by atoms with van der Waals surface area (Å²) in [5.74, 6) is -0.344. The van der Waals surface area contributed by atoms with E-state index in [0.29, 0.717) is 29.0 Å². The van der Waals surface area contributed by atoms with E-state index in [4.69, 9.17) is 9.47 Å². The van der Waals surface area contributed by atoms with Gasteiger partial charge in [-0.1, -0.05) is 24.3 Å². The molecule has 2 heterocycles. The molecular formula is C29H27NO5. The molecule has 0 spiro atoms. The number of anilines is 1. The molecule has 6 heteroatoms. The van der Waals surface area contributed by atoms with Crippen LogP contribution < -0.4 is 14.4 Å². The minimum absolute atomic E-state index is 0.0329. The van der Waals surface area contributed by atoms with E-state index in [9.17, 15) is 14.7 Å². The average Bonchev–Trinajstić information content (AvgIpc) is 3.33. The first-order valence-electron chi connectivity index (χ1n) is 11.6. The lowest BCUT2D eigenvalue weighted by molar-refractivity contribution is -0.132. The Morgan fingerprint density at radius 1 is 1.03 bits per heavy atom. The van der Waals surface area contributed by atoms with Gasteiger partial charge in [0.25, 0.3) is 11.7 Å². The predicted octanol–water partition coefficient (Wildman–Crippen LogP) is 5.26. The Bertz CT molecular complexity index is 1370. The van der Waals surface area contributed by atoms with Crippen molar-refractivity contribution in [2.75, 3.05) is 12.0 Å². The van der Waals surface area contributed by atoms with Crippen LogP contribution in [0.15, 0.2) is 66.2 Å². The van der Waals surface area contributed by atoms with Crippen molar-refractivity contribution < 1.29 is 24.2 Å². The fraction of sp³-hybridized carbons (Fsp3) is 0.241. The summed E-state index contributed by atoms with van der Waals surface area (Å²) in [7, 11) is 1.55. The number of hydrogen-bond donors (Lipinski definition) is 1. The Morgan fingerprint density at radius 3 is 2.46 bits per heavy atom. The van der Waals surface area contributed by atoms with E-state index in [0.717, 1.165) is 22.4 Å². The van der Waals surface area contributed by atoms with Gasteiger partial charge in [0.2, 0.25) is 0 Å². The zero-order valence-electron chi connectivity index (χ0n) is 20.2. The molecule has 3 aromatic rings. The van der Waals surface area contributed by atoms with Gasteiger partial charge in [-0.15, -0.1) is 0 Å². The van der Waals surface area contributed by atoms with Crippen molar-refractivity contribution in [2.45, 2.75) is 39.3 Å². The van der Waals surface area contributed by atoms with Crippen molar-refractivity contribution in [2.24, 2.45) is 0 Å². The Morgan fingerprint density at radius 2 is 1.74 bits per heavy atom. The van der Waals surface area contributed by atoms with Crippen LogP contribution in [-0.2, 0) is 16.0 Å². The molecule has 1 fully saturated rings. The number of hydrogen-bond acceptors (Lipinski definition) is 5. The van der Waals surface area contributed by atoms with Crippen molar-refractivity contribution in [1.29, 1.82) is 0 Å². The van der Waals surface area contributed by atoms with Crippen molar-refractivity contribution >= 4 is 23.1 Å². The van der Waals surface area contributed by atoms with Crippen LogP contribution in [0.2, 0.25) is 0 Å². The number of carbonyl (C=O) groups is 2. The summed E-state index contributed by atoms with van der Waals surface area (Å²) in [5, 5.41) is 11.5. The highest BCUT2D eigenvalue weighted by molar-refractivity contribution is 6.51. The maximum Gasteiger partial charge on any atom is 0.300 e. The number of aliphatic hydroxyl groups excluding tert-OH is 1. The summed E-state index contributed by atoms with van der Waals surface area (Å²) in [6, 6.07) is 17.5. The first kappa shape index (κ1) is 22.7. The molecule has 0 aromatic heterocycles. The topological polar surface area (TPSA) is 76.1 Å². The quantitative estimate of drug-likeness (QED) is 0.320. The first-order valence-corrected chi connectivity index (χ1v) is 11.6. The van der Waals surface area contributed by atoms with Gasteiger partial charge in [-0.2, -0.15) is 0 Å². The molecule has 1 N–H and O–H groups in total. The molecule has 5 rings (SSSR count). The smallest absolute Gasteiger partial charge is 0.300 e. The molecular weight excluding hydrogens is 442 g/mol. The number of methoxy groups -OCH3 is 1. The van der Waals surface area contributed by atoms with Crippen LogP contribution in [0.25, 0.3) is 5.76 Å². The molecule has 35 heavy (non-hydrogen) atoms. The number of nitrogens with zero attached hydrogens (tertiary/aromatic N) is 1. The van der Waals surface area contributed by atoms with Gasteiger partial charge in [-0.3, -0.25) is 14.5 Å². The maximum atomic E-state index is 13.5. The summed E-state index contributed by atoms with van der Waals surface area (Å²) in [6.45, 7) is 5.87. The number of aryl methyl sites for hydroxylation is 2. The van der Waals surface area contributed by atoms with Crippen LogP contribution in [0.5, 0.6) is 11.5 Å². The molecule has 1 amide bonds. The van der Waals surface area contributed by atoms with Crippen molar-refractivity contribution in [3.8, 4) is 11.5 Å². The van der Waals surface area contributed by atoms with Crippen molar-refractivity contribution in [3.63, 3.8) is 0 Å². The van der Waals surface area contributed by atoms with Crippen LogP contribution >= 0.6 is 0 Å². The van der Waals surface area contributed by atoms with Gasteiger partial charge in [0.15, 0.2) is 0 Å². The van der Waals surface area contributed by atoms with Crippen LogP contribution in [0.1, 0.15) is 40.8 Å². The Labute approximate surface area is 204 Å². The molecule has 0 bridgehead atoms. The third-order valence-corrected chi connectivity index (χ3v) is 6.53. The van der Waals surface area contributed by atoms with Crippen LogP contribution in [0, 0.1) is 13.8 Å². The summed E-state index contributed by atoms with van der Waals surface area (Å²) in [4.78, 5) is 28.4. The molecule has 178 valence electrons. The van der Waals surface area contributed by atoms with E-state index < -0.39 is 17.7 Å². The highest BCUT2D eigenvalue weighted by Gasteiger charge is 2.48. The predicted molar refractivity (Wildman–Crippen MR) is 134 cm³/mol. The lowest BCUT2D eigenvalue weighted by Gasteiger charge is -2.27. The molecule has 3 aromatic carbocycles. The van der Waals surface area contributed by atoms with E-state index in [2.05, 4.69) is 0 Å². The number of amides is 1. The fourth-order valence-electron chi connectivity index (χ4n) is 5.10. The lowest BCUT2D eigenvalue weighted by Crippen LogP contribution is -2.29. The SMILES string of the molecule is COc1ccccc1C1/C(=C(\O)c2ccc3c(c2)CC(C)O3)C(=O)C(=O)N1c1cc(C)cc(C)c1. The third kappa shape index (κ3) is 3.85. The zero-order chi connectivity index (χ0) is 24.9. The van der Waals surface area contributed by atoms with Crippen LogP contribution in [-0.4, -0.2) is 30.0 Å². The van der Waals surface area contributed by atoms with E-state index in [-0.39, 0.29) is 17.4 Å². The Balaban J connectivity index is 1.74. The van der Waals surface area contributed by atoms with Gasteiger partial charge in [-0.05, 0) is 73.9 Å². The minimum atomic E-state index is -0.851. The summed E-state index contributed by atoms with van der Waals surface area (Å²) >= 11 is 0. The van der Waals surface area contributed by atoms with Gasteiger partial charge in [0, 0.05) is 23.2 Å². The summed E-state index contributed by atoms with van der Waals surface area (Å²) < 4.78 is 11.4. The van der Waals surface area contributed by atoms with Crippen molar-refractivity contribution in [1.82, 2.24) is 0 Å². The number of benzene rings is 3. The Kier molecular flexibility index (Phi) is 5.59. The Hall–Kier alpha value is -4.06. The normalized spacial score (nSPS) is 20.6. The highest BCUT2D eigenvalue weighted by atomic mass is 16.5. The first-order chi connectivity index (χ1) is 16.8. The van der Waals surface area contributed by atoms with Crippen LogP contribution in [0.4, 0.5) is 5.69 Å². The second kappa shape index (κ2) is 8.62. The van der Waals surface area contributed by atoms with Gasteiger partial charge < -0.3 is 14.6 Å². The molecule has 2 aliphatic rings. The number of carbonyl (C=O) groups excluding carboxylic acids is 2. The number of rotatable bonds is 4. The minimum Gasteiger partial charge on any atom is -0.507 e. The largest absolute Gasteiger partial charge is 0.507 e. The standard InChI is InChI=1S/C29H27NO5/c1-16-11-17(2)13-21(12-16)30-26(22-7-5-6-8-24(22)34-4)25(28(32)29(30)33)27(31)19-9-10-23-20(15-19)14-18(3)35-23/h5-13,15,18,26,31H,14H2,1-4H3/b27-25+. The number of ketones is 1. The molecule has 2 atom stereocenters. The van der Waals surface area contributed by atoms with E-state index >= 15 is 0 Å². The summed E-state index contributed by atoms with van der Waals surface area (Å²) in [5.41, 5.74) is 4.61. The molecule has 0 saturated carbocycles. The molecule has 2 aliphatic heterocycles. The van der Waals surface area contributed by atoms with Gasteiger partial charge >= 0.3 is 0 Å². The van der Waals surface area contributed by atoms with Crippen molar-refractivity contribution in [3.05, 3.63) is 94.1 Å². The average molecular weight is 470 g/mol. The maximum absolute atomic E-state index is 13.5. The van der Waals surface area contributed by atoms with E-state index in [1.54, 1.807) is 25.3 Å².